The van der Waals surface area contributed by atoms with E-state index in [-0.39, 0.29) is 25.4 Å². The van der Waals surface area contributed by atoms with Crippen LogP contribution in [0, 0.1) is 0 Å². The molecule has 8 nitrogen and oxygen atoms in total. The van der Waals surface area contributed by atoms with Crippen LogP contribution >= 0.6 is 0 Å². The van der Waals surface area contributed by atoms with E-state index in [0.717, 1.165) is 0 Å². The Bertz CT molecular complexity index is 700. The van der Waals surface area contributed by atoms with Gasteiger partial charge in [-0.05, 0) is 32.0 Å². The van der Waals surface area contributed by atoms with E-state index in [9.17, 15) is 19.2 Å². The third kappa shape index (κ3) is 3.70. The SMILES string of the molecule is CC(=O)c1ccc2c(c1)N(C(C)C(=O)NCCC(=O)O)C(=O)CO2. The van der Waals surface area contributed by atoms with Gasteiger partial charge in [0.1, 0.15) is 11.8 Å². The number of aliphatic carboxylic acids is 1. The van der Waals surface area contributed by atoms with Crippen LogP contribution in [0.1, 0.15) is 30.6 Å². The number of Topliss-reactive ketones (excluding diaryl/α,β-unsaturated/α-hetero) is 1. The average Bonchev–Trinajstić information content (AvgIpc) is 2.53. The van der Waals surface area contributed by atoms with E-state index < -0.39 is 23.8 Å². The molecule has 2 N–H and O–H groups in total. The average molecular weight is 334 g/mol. The fourth-order valence-corrected chi connectivity index (χ4v) is 2.37. The number of rotatable bonds is 6. The van der Waals surface area contributed by atoms with Gasteiger partial charge in [-0.25, -0.2) is 0 Å². The zero-order valence-corrected chi connectivity index (χ0v) is 13.4. The van der Waals surface area contributed by atoms with Crippen molar-refractivity contribution in [2.24, 2.45) is 0 Å². The molecule has 0 fully saturated rings. The summed E-state index contributed by atoms with van der Waals surface area (Å²) in [6.07, 6.45) is -0.208. The summed E-state index contributed by atoms with van der Waals surface area (Å²) < 4.78 is 5.33. The summed E-state index contributed by atoms with van der Waals surface area (Å²) in [4.78, 5) is 47.7. The van der Waals surface area contributed by atoms with Crippen LogP contribution in [-0.2, 0) is 14.4 Å². The molecule has 1 aliphatic heterocycles. The van der Waals surface area contributed by atoms with E-state index in [2.05, 4.69) is 5.32 Å². The number of ether oxygens (including phenoxy) is 1. The predicted octanol–water partition coefficient (Wildman–Crippen LogP) is 0.594. The number of carbonyl (C=O) groups is 4. The van der Waals surface area contributed by atoms with Gasteiger partial charge in [0.15, 0.2) is 12.4 Å². The summed E-state index contributed by atoms with van der Waals surface area (Å²) in [5, 5.41) is 11.1. The third-order valence-corrected chi connectivity index (χ3v) is 3.65. The highest BCUT2D eigenvalue weighted by Crippen LogP contribution is 2.34. The highest BCUT2D eigenvalue weighted by molar-refractivity contribution is 6.05. The van der Waals surface area contributed by atoms with E-state index in [1.165, 1.54) is 24.8 Å². The molecule has 0 aromatic heterocycles. The number of nitrogens with zero attached hydrogens (tertiary/aromatic N) is 1. The second-order valence-corrected chi connectivity index (χ2v) is 5.40. The molecule has 2 amide bonds. The minimum atomic E-state index is -1.03. The van der Waals surface area contributed by atoms with Crippen molar-refractivity contribution in [2.75, 3.05) is 18.1 Å². The molecule has 1 atom stereocenters. The summed E-state index contributed by atoms with van der Waals surface area (Å²) in [5.74, 6) is -1.68. The highest BCUT2D eigenvalue weighted by atomic mass is 16.5. The Balaban J connectivity index is 2.24. The summed E-state index contributed by atoms with van der Waals surface area (Å²) >= 11 is 0. The number of carbonyl (C=O) groups excluding carboxylic acids is 3. The molecular formula is C16H18N2O6. The van der Waals surface area contributed by atoms with Gasteiger partial charge in [0, 0.05) is 12.1 Å². The first kappa shape index (κ1) is 17.5. The second-order valence-electron chi connectivity index (χ2n) is 5.40. The lowest BCUT2D eigenvalue weighted by Crippen LogP contribution is -2.51. The molecule has 0 radical (unpaired) electrons. The normalized spacial score (nSPS) is 14.4. The van der Waals surface area contributed by atoms with Gasteiger partial charge in [-0.1, -0.05) is 0 Å². The van der Waals surface area contributed by atoms with Crippen molar-refractivity contribution < 1.29 is 29.0 Å². The number of amides is 2. The van der Waals surface area contributed by atoms with E-state index in [4.69, 9.17) is 9.84 Å². The van der Waals surface area contributed by atoms with Crippen LogP contribution in [0.15, 0.2) is 18.2 Å². The van der Waals surface area contributed by atoms with Gasteiger partial charge in [0.2, 0.25) is 5.91 Å². The lowest BCUT2D eigenvalue weighted by molar-refractivity contribution is -0.137. The Morgan fingerprint density at radius 2 is 2.08 bits per heavy atom. The molecule has 0 saturated heterocycles. The second kappa shape index (κ2) is 7.12. The fraction of sp³-hybridized carbons (Fsp3) is 0.375. The number of nitrogens with one attached hydrogen (secondary N) is 1. The highest BCUT2D eigenvalue weighted by Gasteiger charge is 2.33. The molecule has 0 aliphatic carbocycles. The van der Waals surface area contributed by atoms with E-state index in [1.54, 1.807) is 12.1 Å². The molecule has 24 heavy (non-hydrogen) atoms. The number of carboxylic acids is 1. The zero-order valence-electron chi connectivity index (χ0n) is 13.4. The van der Waals surface area contributed by atoms with Crippen LogP contribution in [0.3, 0.4) is 0 Å². The summed E-state index contributed by atoms with van der Waals surface area (Å²) in [6.45, 7) is 2.69. The summed E-state index contributed by atoms with van der Waals surface area (Å²) in [6, 6.07) is 3.82. The summed E-state index contributed by atoms with van der Waals surface area (Å²) in [5.41, 5.74) is 0.746. The molecule has 0 bridgehead atoms. The number of hydrogen-bond donors (Lipinski definition) is 2. The molecule has 1 heterocycles. The minimum Gasteiger partial charge on any atom is -0.482 e. The van der Waals surface area contributed by atoms with Crippen LogP contribution < -0.4 is 15.0 Å². The maximum absolute atomic E-state index is 12.2. The van der Waals surface area contributed by atoms with Crippen molar-refractivity contribution in [2.45, 2.75) is 26.3 Å². The fourth-order valence-electron chi connectivity index (χ4n) is 2.37. The quantitative estimate of drug-likeness (QED) is 0.736. The molecular weight excluding hydrogens is 316 g/mol. The first-order valence-corrected chi connectivity index (χ1v) is 7.40. The van der Waals surface area contributed by atoms with Crippen molar-refractivity contribution >= 4 is 29.3 Å². The number of anilines is 1. The number of fused-ring (bicyclic) bond motifs is 1. The van der Waals surface area contributed by atoms with Gasteiger partial charge in [0.05, 0.1) is 12.1 Å². The van der Waals surface area contributed by atoms with Crippen molar-refractivity contribution in [3.05, 3.63) is 23.8 Å². The predicted molar refractivity (Wildman–Crippen MR) is 84.2 cm³/mol. The van der Waals surface area contributed by atoms with Crippen LogP contribution in [0.25, 0.3) is 0 Å². The van der Waals surface area contributed by atoms with Gasteiger partial charge < -0.3 is 15.2 Å². The van der Waals surface area contributed by atoms with Crippen molar-refractivity contribution in [1.29, 1.82) is 0 Å². The van der Waals surface area contributed by atoms with E-state index in [0.29, 0.717) is 17.0 Å². The Kier molecular flexibility index (Phi) is 5.18. The first-order valence-electron chi connectivity index (χ1n) is 7.40. The van der Waals surface area contributed by atoms with Crippen LogP contribution in [0.5, 0.6) is 5.75 Å². The zero-order chi connectivity index (χ0) is 17.9. The smallest absolute Gasteiger partial charge is 0.305 e. The number of carboxylic acid groups (broad SMARTS) is 1. The minimum absolute atomic E-state index is 0.0304. The number of hydrogen-bond acceptors (Lipinski definition) is 5. The Labute approximate surface area is 138 Å². The maximum atomic E-state index is 12.2. The molecule has 0 spiro atoms. The standard InChI is InChI=1S/C16H18N2O6/c1-9(16(23)17-6-5-15(21)22)18-12-7-11(10(2)19)3-4-13(12)24-8-14(18)20/h3-4,7,9H,5-6,8H2,1-2H3,(H,17,23)(H,21,22). The first-order chi connectivity index (χ1) is 11.3. The van der Waals surface area contributed by atoms with Gasteiger partial charge in [-0.15, -0.1) is 0 Å². The molecule has 2 rings (SSSR count). The molecule has 1 aromatic rings. The monoisotopic (exact) mass is 334 g/mol. The molecule has 1 aromatic carbocycles. The van der Waals surface area contributed by atoms with Gasteiger partial charge in [0.25, 0.3) is 5.91 Å². The van der Waals surface area contributed by atoms with Crippen LogP contribution in [-0.4, -0.2) is 47.9 Å². The molecule has 128 valence electrons. The Morgan fingerprint density at radius 3 is 2.71 bits per heavy atom. The maximum Gasteiger partial charge on any atom is 0.305 e. The Morgan fingerprint density at radius 1 is 1.38 bits per heavy atom. The van der Waals surface area contributed by atoms with Crippen molar-refractivity contribution in [3.8, 4) is 5.75 Å². The van der Waals surface area contributed by atoms with Gasteiger partial charge >= 0.3 is 5.97 Å². The molecule has 1 unspecified atom stereocenters. The van der Waals surface area contributed by atoms with Crippen molar-refractivity contribution in [3.63, 3.8) is 0 Å². The summed E-state index contributed by atoms with van der Waals surface area (Å²) in [7, 11) is 0. The van der Waals surface area contributed by atoms with Crippen LogP contribution in [0.4, 0.5) is 5.69 Å². The molecule has 8 heteroatoms. The van der Waals surface area contributed by atoms with Gasteiger partial charge in [-0.3, -0.25) is 24.1 Å². The lowest BCUT2D eigenvalue weighted by atomic mass is 10.1. The van der Waals surface area contributed by atoms with E-state index >= 15 is 0 Å². The topological polar surface area (TPSA) is 113 Å². The molecule has 1 aliphatic rings. The number of benzene rings is 1. The third-order valence-electron chi connectivity index (χ3n) is 3.65. The van der Waals surface area contributed by atoms with Gasteiger partial charge in [-0.2, -0.15) is 0 Å². The van der Waals surface area contributed by atoms with Crippen molar-refractivity contribution in [1.82, 2.24) is 5.32 Å². The largest absolute Gasteiger partial charge is 0.482 e. The number of ketones is 1. The Hall–Kier alpha value is -2.90. The van der Waals surface area contributed by atoms with Crippen LogP contribution in [0.2, 0.25) is 0 Å². The molecule has 0 saturated carbocycles. The lowest BCUT2D eigenvalue weighted by Gasteiger charge is -2.33. The van der Waals surface area contributed by atoms with E-state index in [1.807, 2.05) is 0 Å².